The molecule has 76 valence electrons. The SMILES string of the molecule is CCOC[C@@H]1COC2(CCCC2)O1. The lowest BCUT2D eigenvalue weighted by Crippen LogP contribution is -2.27. The second-order valence-corrected chi connectivity index (χ2v) is 3.83. The summed E-state index contributed by atoms with van der Waals surface area (Å²) in [6, 6.07) is 0. The lowest BCUT2D eigenvalue weighted by molar-refractivity contribution is -0.166. The molecule has 0 radical (unpaired) electrons. The Morgan fingerprint density at radius 3 is 2.85 bits per heavy atom. The van der Waals surface area contributed by atoms with Crippen molar-refractivity contribution < 1.29 is 14.2 Å². The first kappa shape index (κ1) is 9.44. The molecule has 1 saturated heterocycles. The van der Waals surface area contributed by atoms with Crippen LogP contribution in [-0.4, -0.2) is 31.7 Å². The third-order valence-electron chi connectivity index (χ3n) is 2.79. The van der Waals surface area contributed by atoms with E-state index in [-0.39, 0.29) is 11.9 Å². The third kappa shape index (κ3) is 2.03. The molecule has 0 aromatic rings. The minimum Gasteiger partial charge on any atom is -0.379 e. The van der Waals surface area contributed by atoms with Crippen molar-refractivity contribution in [3.63, 3.8) is 0 Å². The molecule has 2 aliphatic rings. The van der Waals surface area contributed by atoms with E-state index in [1.54, 1.807) is 0 Å². The summed E-state index contributed by atoms with van der Waals surface area (Å²) in [6.45, 7) is 4.15. The number of hydrogen-bond donors (Lipinski definition) is 0. The molecule has 1 aliphatic heterocycles. The molecule has 3 heteroatoms. The molecule has 0 aromatic carbocycles. The highest BCUT2D eigenvalue weighted by Gasteiger charge is 2.43. The molecular formula is C10H18O3. The van der Waals surface area contributed by atoms with Gasteiger partial charge in [-0.25, -0.2) is 0 Å². The molecule has 2 fully saturated rings. The molecule has 1 aliphatic carbocycles. The first-order chi connectivity index (χ1) is 6.35. The maximum Gasteiger partial charge on any atom is 0.169 e. The second-order valence-electron chi connectivity index (χ2n) is 3.83. The molecule has 1 heterocycles. The number of ether oxygens (including phenoxy) is 3. The van der Waals surface area contributed by atoms with Crippen molar-refractivity contribution in [1.29, 1.82) is 0 Å². The number of hydrogen-bond acceptors (Lipinski definition) is 3. The quantitative estimate of drug-likeness (QED) is 0.671. The van der Waals surface area contributed by atoms with E-state index in [0.717, 1.165) is 19.4 Å². The van der Waals surface area contributed by atoms with Gasteiger partial charge < -0.3 is 14.2 Å². The Kier molecular flexibility index (Phi) is 2.86. The highest BCUT2D eigenvalue weighted by Crippen LogP contribution is 2.39. The molecule has 0 N–H and O–H groups in total. The molecule has 3 nitrogen and oxygen atoms in total. The van der Waals surface area contributed by atoms with Crippen molar-refractivity contribution in [3.05, 3.63) is 0 Å². The van der Waals surface area contributed by atoms with Crippen molar-refractivity contribution in [2.75, 3.05) is 19.8 Å². The van der Waals surface area contributed by atoms with Gasteiger partial charge in [0.1, 0.15) is 6.10 Å². The van der Waals surface area contributed by atoms with Gasteiger partial charge in [0.15, 0.2) is 5.79 Å². The van der Waals surface area contributed by atoms with Gasteiger partial charge in [-0.3, -0.25) is 0 Å². The van der Waals surface area contributed by atoms with Crippen molar-refractivity contribution in [2.45, 2.75) is 44.5 Å². The fraction of sp³-hybridized carbons (Fsp3) is 1.00. The van der Waals surface area contributed by atoms with Gasteiger partial charge in [-0.15, -0.1) is 0 Å². The largest absolute Gasteiger partial charge is 0.379 e. The fourth-order valence-electron chi connectivity index (χ4n) is 2.12. The Hall–Kier alpha value is -0.120. The Labute approximate surface area is 79.4 Å². The van der Waals surface area contributed by atoms with Crippen molar-refractivity contribution in [3.8, 4) is 0 Å². The Balaban J connectivity index is 1.79. The lowest BCUT2D eigenvalue weighted by atomic mass is 10.2. The molecule has 0 bridgehead atoms. The van der Waals surface area contributed by atoms with Crippen LogP contribution in [0.2, 0.25) is 0 Å². The van der Waals surface area contributed by atoms with Crippen LogP contribution in [0.4, 0.5) is 0 Å². The molecule has 1 spiro atoms. The van der Waals surface area contributed by atoms with E-state index < -0.39 is 0 Å². The van der Waals surface area contributed by atoms with E-state index in [2.05, 4.69) is 0 Å². The number of rotatable bonds is 3. The maximum atomic E-state index is 5.86. The van der Waals surface area contributed by atoms with E-state index in [9.17, 15) is 0 Å². The summed E-state index contributed by atoms with van der Waals surface area (Å²) in [5, 5.41) is 0. The zero-order valence-electron chi connectivity index (χ0n) is 8.25. The van der Waals surface area contributed by atoms with Gasteiger partial charge in [0.05, 0.1) is 13.2 Å². The molecule has 0 unspecified atom stereocenters. The average molecular weight is 186 g/mol. The molecule has 13 heavy (non-hydrogen) atoms. The minimum atomic E-state index is -0.220. The predicted octanol–water partition coefficient (Wildman–Crippen LogP) is 1.71. The van der Waals surface area contributed by atoms with Gasteiger partial charge in [-0.2, -0.15) is 0 Å². The monoisotopic (exact) mass is 186 g/mol. The van der Waals surface area contributed by atoms with Crippen LogP contribution >= 0.6 is 0 Å². The zero-order chi connectivity index (χ0) is 9.15. The maximum absolute atomic E-state index is 5.86. The first-order valence-electron chi connectivity index (χ1n) is 5.24. The van der Waals surface area contributed by atoms with Crippen LogP contribution in [0.3, 0.4) is 0 Å². The first-order valence-corrected chi connectivity index (χ1v) is 5.24. The van der Waals surface area contributed by atoms with Crippen LogP contribution < -0.4 is 0 Å². The highest BCUT2D eigenvalue weighted by atomic mass is 16.7. The fourth-order valence-corrected chi connectivity index (χ4v) is 2.12. The summed E-state index contributed by atoms with van der Waals surface area (Å²) < 4.78 is 16.9. The third-order valence-corrected chi connectivity index (χ3v) is 2.79. The Morgan fingerprint density at radius 2 is 2.15 bits per heavy atom. The van der Waals surface area contributed by atoms with Crippen LogP contribution in [0.15, 0.2) is 0 Å². The van der Waals surface area contributed by atoms with Crippen LogP contribution in [0.1, 0.15) is 32.6 Å². The van der Waals surface area contributed by atoms with Crippen LogP contribution in [0, 0.1) is 0 Å². The molecule has 1 saturated carbocycles. The highest BCUT2D eigenvalue weighted by molar-refractivity contribution is 4.83. The predicted molar refractivity (Wildman–Crippen MR) is 48.5 cm³/mol. The Bertz CT molecular complexity index is 164. The van der Waals surface area contributed by atoms with Crippen LogP contribution in [0.5, 0.6) is 0 Å². The molecule has 0 amide bonds. The van der Waals surface area contributed by atoms with Crippen LogP contribution in [0.25, 0.3) is 0 Å². The summed E-state index contributed by atoms with van der Waals surface area (Å²) in [4.78, 5) is 0. The van der Waals surface area contributed by atoms with Gasteiger partial charge in [0.25, 0.3) is 0 Å². The minimum absolute atomic E-state index is 0.165. The van der Waals surface area contributed by atoms with Crippen molar-refractivity contribution in [1.82, 2.24) is 0 Å². The van der Waals surface area contributed by atoms with Gasteiger partial charge in [-0.05, 0) is 19.8 Å². The summed E-state index contributed by atoms with van der Waals surface area (Å²) >= 11 is 0. The van der Waals surface area contributed by atoms with Gasteiger partial charge in [0, 0.05) is 19.4 Å². The molecule has 1 atom stereocenters. The average Bonchev–Trinajstić information content (AvgIpc) is 2.74. The van der Waals surface area contributed by atoms with Crippen molar-refractivity contribution in [2.24, 2.45) is 0 Å². The van der Waals surface area contributed by atoms with Crippen molar-refractivity contribution >= 4 is 0 Å². The van der Waals surface area contributed by atoms with Gasteiger partial charge >= 0.3 is 0 Å². The Morgan fingerprint density at radius 1 is 1.38 bits per heavy atom. The summed E-state index contributed by atoms with van der Waals surface area (Å²) in [5.74, 6) is -0.220. The van der Waals surface area contributed by atoms with E-state index in [4.69, 9.17) is 14.2 Å². The molecule has 2 rings (SSSR count). The smallest absolute Gasteiger partial charge is 0.169 e. The summed E-state index contributed by atoms with van der Waals surface area (Å²) in [5.41, 5.74) is 0. The standard InChI is InChI=1S/C10H18O3/c1-2-11-7-9-8-12-10(13-9)5-3-4-6-10/h9H,2-8H2,1H3/t9-/m1/s1. The molecule has 0 aromatic heterocycles. The van der Waals surface area contributed by atoms with Gasteiger partial charge in [-0.1, -0.05) is 0 Å². The lowest BCUT2D eigenvalue weighted by Gasteiger charge is -2.21. The molecular weight excluding hydrogens is 168 g/mol. The van der Waals surface area contributed by atoms with Crippen LogP contribution in [-0.2, 0) is 14.2 Å². The van der Waals surface area contributed by atoms with E-state index >= 15 is 0 Å². The topological polar surface area (TPSA) is 27.7 Å². The second kappa shape index (κ2) is 3.95. The summed E-state index contributed by atoms with van der Waals surface area (Å²) in [6.07, 6.45) is 4.77. The normalized spacial score (nSPS) is 31.6. The van der Waals surface area contributed by atoms with Gasteiger partial charge in [0.2, 0.25) is 0 Å². The van der Waals surface area contributed by atoms with E-state index in [0.29, 0.717) is 13.2 Å². The van der Waals surface area contributed by atoms with E-state index in [1.807, 2.05) is 6.92 Å². The van der Waals surface area contributed by atoms with E-state index in [1.165, 1.54) is 12.8 Å². The zero-order valence-corrected chi connectivity index (χ0v) is 8.25. The summed E-state index contributed by atoms with van der Waals surface area (Å²) in [7, 11) is 0.